The summed E-state index contributed by atoms with van der Waals surface area (Å²) in [6, 6.07) is -1.25. The van der Waals surface area contributed by atoms with Crippen molar-refractivity contribution in [1.82, 2.24) is 5.32 Å². The molecule has 0 aromatic rings. The Morgan fingerprint density at radius 2 is 1.90 bits per heavy atom. The molecular formula is C6H10F3N. The van der Waals surface area contributed by atoms with Gasteiger partial charge < -0.3 is 5.32 Å². The lowest BCUT2D eigenvalue weighted by atomic mass is 10.1. The minimum absolute atomic E-state index is 0.240. The van der Waals surface area contributed by atoms with Crippen LogP contribution >= 0.6 is 0 Å². The molecule has 1 aliphatic rings. The van der Waals surface area contributed by atoms with Crippen LogP contribution < -0.4 is 5.32 Å². The molecule has 0 amide bonds. The third kappa shape index (κ3) is 1.87. The van der Waals surface area contributed by atoms with E-state index in [2.05, 4.69) is 5.32 Å². The lowest BCUT2D eigenvalue weighted by Crippen LogP contribution is -2.45. The summed E-state index contributed by atoms with van der Waals surface area (Å²) in [4.78, 5) is 0. The van der Waals surface area contributed by atoms with Crippen LogP contribution in [0.2, 0.25) is 0 Å². The monoisotopic (exact) mass is 153 g/mol. The van der Waals surface area contributed by atoms with Gasteiger partial charge in [0.1, 0.15) is 6.04 Å². The Morgan fingerprint density at radius 3 is 2.20 bits per heavy atom. The zero-order valence-electron chi connectivity index (χ0n) is 5.54. The first-order valence-electron chi connectivity index (χ1n) is 3.41. The molecule has 1 N–H and O–H groups in total. The Morgan fingerprint density at radius 1 is 1.20 bits per heavy atom. The second-order valence-electron chi connectivity index (χ2n) is 2.54. The van der Waals surface area contributed by atoms with E-state index >= 15 is 0 Å². The number of rotatable bonds is 0. The van der Waals surface area contributed by atoms with E-state index in [4.69, 9.17) is 0 Å². The van der Waals surface area contributed by atoms with E-state index in [9.17, 15) is 13.2 Å². The maximum absolute atomic E-state index is 11.9. The minimum Gasteiger partial charge on any atom is -0.306 e. The molecule has 1 fully saturated rings. The first kappa shape index (κ1) is 7.85. The quantitative estimate of drug-likeness (QED) is 0.558. The van der Waals surface area contributed by atoms with Gasteiger partial charge in [0.05, 0.1) is 0 Å². The average Bonchev–Trinajstić information content (AvgIpc) is 1.88. The second-order valence-corrected chi connectivity index (χ2v) is 2.54. The number of hydrogen-bond acceptors (Lipinski definition) is 1. The first-order chi connectivity index (χ1) is 4.61. The fourth-order valence-electron chi connectivity index (χ4n) is 1.13. The van der Waals surface area contributed by atoms with Crippen LogP contribution in [0.25, 0.3) is 0 Å². The molecule has 1 nitrogen and oxygen atoms in total. The Hall–Kier alpha value is -0.250. The summed E-state index contributed by atoms with van der Waals surface area (Å²) < 4.78 is 35.6. The van der Waals surface area contributed by atoms with E-state index in [0.717, 1.165) is 6.42 Å². The fraction of sp³-hybridized carbons (Fsp3) is 1.00. The highest BCUT2D eigenvalue weighted by atomic mass is 19.4. The summed E-state index contributed by atoms with van der Waals surface area (Å²) in [6.07, 6.45) is -2.24. The molecule has 1 unspecified atom stereocenters. The van der Waals surface area contributed by atoms with Gasteiger partial charge in [-0.25, -0.2) is 0 Å². The molecule has 60 valence electrons. The van der Waals surface area contributed by atoms with Crippen molar-refractivity contribution in [2.75, 3.05) is 6.54 Å². The molecule has 0 aromatic carbocycles. The van der Waals surface area contributed by atoms with Gasteiger partial charge in [-0.2, -0.15) is 13.2 Å². The van der Waals surface area contributed by atoms with Crippen LogP contribution in [0.15, 0.2) is 0 Å². The van der Waals surface area contributed by atoms with E-state index in [1.165, 1.54) is 0 Å². The van der Waals surface area contributed by atoms with Crippen LogP contribution in [0.5, 0.6) is 0 Å². The zero-order valence-corrected chi connectivity index (χ0v) is 5.54. The molecule has 0 aliphatic carbocycles. The Bertz CT molecular complexity index is 104. The standard InChI is InChI=1S/C6H10F3N/c7-6(8,9)5-3-1-2-4-10-5/h5,10H,1-4H2. The maximum Gasteiger partial charge on any atom is 0.403 e. The van der Waals surface area contributed by atoms with Crippen molar-refractivity contribution < 1.29 is 13.2 Å². The predicted octanol–water partition coefficient (Wildman–Crippen LogP) is 1.69. The molecule has 0 saturated carbocycles. The smallest absolute Gasteiger partial charge is 0.306 e. The van der Waals surface area contributed by atoms with E-state index in [0.29, 0.717) is 13.0 Å². The van der Waals surface area contributed by atoms with Crippen LogP contribution in [-0.4, -0.2) is 18.8 Å². The van der Waals surface area contributed by atoms with Crippen molar-refractivity contribution in [2.24, 2.45) is 0 Å². The largest absolute Gasteiger partial charge is 0.403 e. The van der Waals surface area contributed by atoms with Gasteiger partial charge in [0, 0.05) is 0 Å². The van der Waals surface area contributed by atoms with E-state index in [-0.39, 0.29) is 6.42 Å². The summed E-state index contributed by atoms with van der Waals surface area (Å²) in [5.74, 6) is 0. The Labute approximate surface area is 57.6 Å². The highest BCUT2D eigenvalue weighted by molar-refractivity contribution is 4.78. The summed E-state index contributed by atoms with van der Waals surface area (Å²) in [5, 5.41) is 2.43. The number of piperidine rings is 1. The van der Waals surface area contributed by atoms with Gasteiger partial charge in [-0.05, 0) is 19.4 Å². The molecule has 10 heavy (non-hydrogen) atoms. The van der Waals surface area contributed by atoms with Gasteiger partial charge in [-0.3, -0.25) is 0 Å². The topological polar surface area (TPSA) is 12.0 Å². The van der Waals surface area contributed by atoms with Crippen LogP contribution in [0.3, 0.4) is 0 Å². The summed E-state index contributed by atoms with van der Waals surface area (Å²) in [7, 11) is 0. The molecule has 1 saturated heterocycles. The third-order valence-electron chi connectivity index (χ3n) is 1.71. The van der Waals surface area contributed by atoms with Crippen molar-refractivity contribution in [3.05, 3.63) is 0 Å². The van der Waals surface area contributed by atoms with Gasteiger partial charge in [0.15, 0.2) is 0 Å². The van der Waals surface area contributed by atoms with E-state index < -0.39 is 12.2 Å². The number of alkyl halides is 3. The summed E-state index contributed by atoms with van der Waals surface area (Å²) in [5.41, 5.74) is 0. The normalized spacial score (nSPS) is 28.5. The highest BCUT2D eigenvalue weighted by Gasteiger charge is 2.39. The second kappa shape index (κ2) is 2.78. The zero-order chi connectivity index (χ0) is 7.61. The predicted molar refractivity (Wildman–Crippen MR) is 31.7 cm³/mol. The Balaban J connectivity index is 2.39. The molecule has 0 aromatic heterocycles. The van der Waals surface area contributed by atoms with Crippen LogP contribution in [0.1, 0.15) is 19.3 Å². The number of hydrogen-bond donors (Lipinski definition) is 1. The van der Waals surface area contributed by atoms with Crippen LogP contribution in [0, 0.1) is 0 Å². The number of nitrogens with one attached hydrogen (secondary N) is 1. The highest BCUT2D eigenvalue weighted by Crippen LogP contribution is 2.25. The molecule has 1 heterocycles. The lowest BCUT2D eigenvalue weighted by molar-refractivity contribution is -0.160. The Kier molecular flexibility index (Phi) is 2.18. The van der Waals surface area contributed by atoms with Crippen molar-refractivity contribution in [3.63, 3.8) is 0 Å². The fourth-order valence-corrected chi connectivity index (χ4v) is 1.13. The molecule has 0 bridgehead atoms. The average molecular weight is 153 g/mol. The van der Waals surface area contributed by atoms with Gasteiger partial charge >= 0.3 is 6.18 Å². The van der Waals surface area contributed by atoms with Crippen molar-refractivity contribution >= 4 is 0 Å². The molecule has 0 spiro atoms. The van der Waals surface area contributed by atoms with Crippen molar-refractivity contribution in [3.8, 4) is 0 Å². The van der Waals surface area contributed by atoms with Crippen LogP contribution in [-0.2, 0) is 0 Å². The number of halogens is 3. The minimum atomic E-state index is -4.04. The van der Waals surface area contributed by atoms with Crippen molar-refractivity contribution in [1.29, 1.82) is 0 Å². The van der Waals surface area contributed by atoms with Crippen molar-refractivity contribution in [2.45, 2.75) is 31.5 Å². The molecule has 4 heteroatoms. The first-order valence-corrected chi connectivity index (χ1v) is 3.41. The van der Waals surface area contributed by atoms with E-state index in [1.807, 2.05) is 0 Å². The lowest BCUT2D eigenvalue weighted by Gasteiger charge is -2.25. The third-order valence-corrected chi connectivity index (χ3v) is 1.71. The van der Waals surface area contributed by atoms with Crippen LogP contribution in [0.4, 0.5) is 13.2 Å². The SMILES string of the molecule is FC(F)(F)C1CCCCN1. The molecular weight excluding hydrogens is 143 g/mol. The maximum atomic E-state index is 11.9. The molecule has 1 aliphatic heterocycles. The van der Waals surface area contributed by atoms with Gasteiger partial charge in [0.25, 0.3) is 0 Å². The summed E-state index contributed by atoms with van der Waals surface area (Å²) >= 11 is 0. The summed E-state index contributed by atoms with van der Waals surface area (Å²) in [6.45, 7) is 0.504. The molecule has 1 atom stereocenters. The molecule has 0 radical (unpaired) electrons. The molecule has 1 rings (SSSR count). The van der Waals surface area contributed by atoms with Gasteiger partial charge in [-0.1, -0.05) is 6.42 Å². The van der Waals surface area contributed by atoms with E-state index in [1.54, 1.807) is 0 Å². The van der Waals surface area contributed by atoms with Gasteiger partial charge in [0.2, 0.25) is 0 Å². The van der Waals surface area contributed by atoms with Gasteiger partial charge in [-0.15, -0.1) is 0 Å².